The number of pyridine rings is 1. The van der Waals surface area contributed by atoms with Crippen LogP contribution in [0.2, 0.25) is 10.2 Å². The van der Waals surface area contributed by atoms with E-state index in [1.807, 2.05) is 0 Å². The van der Waals surface area contributed by atoms with Crippen LogP contribution in [0.3, 0.4) is 0 Å². The highest BCUT2D eigenvalue weighted by Crippen LogP contribution is 2.27. The average molecular weight is 410 g/mol. The zero-order chi connectivity index (χ0) is 15.6. The number of hydrogen-bond donors (Lipinski definition) is 1. The van der Waals surface area contributed by atoms with Gasteiger partial charge in [0.2, 0.25) is 0 Å². The van der Waals surface area contributed by atoms with E-state index in [1.165, 1.54) is 6.07 Å². The minimum absolute atomic E-state index is 0.212. The molecule has 0 bridgehead atoms. The molecule has 8 heteroatoms. The summed E-state index contributed by atoms with van der Waals surface area (Å²) < 4.78 is 24.2. The van der Waals surface area contributed by atoms with Crippen LogP contribution in [0.25, 0.3) is 0 Å². The van der Waals surface area contributed by atoms with E-state index < -0.39 is 9.84 Å². The predicted molar refractivity (Wildman–Crippen MR) is 88.8 cm³/mol. The molecule has 0 radical (unpaired) electrons. The number of rotatable bonds is 4. The van der Waals surface area contributed by atoms with Gasteiger partial charge in [0.15, 0.2) is 9.84 Å². The van der Waals surface area contributed by atoms with Gasteiger partial charge < -0.3 is 5.32 Å². The van der Waals surface area contributed by atoms with E-state index in [0.717, 1.165) is 6.26 Å². The van der Waals surface area contributed by atoms with E-state index in [2.05, 4.69) is 26.2 Å². The minimum atomic E-state index is -3.35. The van der Waals surface area contributed by atoms with E-state index >= 15 is 0 Å². The molecule has 0 atom stereocenters. The molecule has 0 saturated carbocycles. The van der Waals surface area contributed by atoms with Crippen LogP contribution in [-0.2, 0) is 16.4 Å². The molecule has 0 fully saturated rings. The van der Waals surface area contributed by atoms with Crippen molar-refractivity contribution in [1.29, 1.82) is 0 Å². The van der Waals surface area contributed by atoms with Crippen molar-refractivity contribution in [1.82, 2.24) is 4.98 Å². The minimum Gasteiger partial charge on any atom is -0.380 e. The van der Waals surface area contributed by atoms with Crippen molar-refractivity contribution in [2.75, 3.05) is 11.6 Å². The van der Waals surface area contributed by atoms with Crippen LogP contribution in [0.15, 0.2) is 39.8 Å². The summed E-state index contributed by atoms with van der Waals surface area (Å²) in [5.41, 5.74) is 1.22. The number of hydrogen-bond acceptors (Lipinski definition) is 4. The lowest BCUT2D eigenvalue weighted by Gasteiger charge is -2.12. The summed E-state index contributed by atoms with van der Waals surface area (Å²) in [6.45, 7) is 0.262. The number of nitrogens with zero attached hydrogens (tertiary/aromatic N) is 1. The molecular weight excluding hydrogens is 399 g/mol. The summed E-state index contributed by atoms with van der Waals surface area (Å²) in [6.07, 6.45) is 2.71. The Kier molecular flexibility index (Phi) is 5.14. The normalized spacial score (nSPS) is 11.4. The third-order valence-electron chi connectivity index (χ3n) is 2.74. The van der Waals surface area contributed by atoms with Crippen LogP contribution < -0.4 is 5.32 Å². The highest BCUT2D eigenvalue weighted by molar-refractivity contribution is 9.10. The molecule has 1 aromatic heterocycles. The Balaban J connectivity index is 2.30. The number of benzene rings is 1. The van der Waals surface area contributed by atoms with Gasteiger partial charge in [-0.3, -0.25) is 0 Å². The van der Waals surface area contributed by atoms with E-state index in [1.54, 1.807) is 24.4 Å². The number of nitrogens with one attached hydrogen (secondary N) is 1. The van der Waals surface area contributed by atoms with Crippen molar-refractivity contribution in [2.45, 2.75) is 11.4 Å². The Morgan fingerprint density at radius 1 is 1.33 bits per heavy atom. The first-order valence-corrected chi connectivity index (χ1v) is 9.25. The molecular formula is C13H11BrCl2N2O2S. The predicted octanol–water partition coefficient (Wildman–Crippen LogP) is 4.17. The summed E-state index contributed by atoms with van der Waals surface area (Å²) in [4.78, 5) is 4.20. The fourth-order valence-electron chi connectivity index (χ4n) is 1.77. The molecule has 112 valence electrons. The Hall–Kier alpha value is -0.820. The summed E-state index contributed by atoms with van der Waals surface area (Å²) in [5, 5.41) is 3.83. The lowest BCUT2D eigenvalue weighted by molar-refractivity contribution is 0.601. The van der Waals surface area contributed by atoms with Crippen molar-refractivity contribution in [3.05, 3.63) is 50.7 Å². The van der Waals surface area contributed by atoms with Crippen LogP contribution in [-0.4, -0.2) is 19.7 Å². The summed E-state index contributed by atoms with van der Waals surface area (Å²) >= 11 is 15.2. The van der Waals surface area contributed by atoms with Gasteiger partial charge in [-0.25, -0.2) is 13.4 Å². The van der Waals surface area contributed by atoms with Crippen LogP contribution in [0, 0.1) is 0 Å². The van der Waals surface area contributed by atoms with Crippen LogP contribution in [0.4, 0.5) is 5.69 Å². The van der Waals surface area contributed by atoms with Crippen molar-refractivity contribution in [3.63, 3.8) is 0 Å². The fourth-order valence-corrected chi connectivity index (χ4v) is 3.47. The van der Waals surface area contributed by atoms with Gasteiger partial charge in [0.05, 0.1) is 21.3 Å². The number of anilines is 1. The highest BCUT2D eigenvalue weighted by atomic mass is 79.9. The van der Waals surface area contributed by atoms with E-state index in [0.29, 0.717) is 25.9 Å². The molecule has 2 aromatic rings. The molecule has 0 aliphatic rings. The average Bonchev–Trinajstić information content (AvgIpc) is 2.40. The highest BCUT2D eigenvalue weighted by Gasteiger charge is 2.15. The molecule has 0 aliphatic carbocycles. The van der Waals surface area contributed by atoms with Gasteiger partial charge in [0.25, 0.3) is 0 Å². The molecule has 4 nitrogen and oxygen atoms in total. The van der Waals surface area contributed by atoms with Gasteiger partial charge in [-0.15, -0.1) is 0 Å². The third-order valence-corrected chi connectivity index (χ3v) is 5.41. The second-order valence-corrected chi connectivity index (χ2v) is 7.94. The van der Waals surface area contributed by atoms with E-state index in [4.69, 9.17) is 23.2 Å². The zero-order valence-corrected chi connectivity index (χ0v) is 14.8. The smallest absolute Gasteiger partial charge is 0.175 e. The first-order valence-electron chi connectivity index (χ1n) is 5.81. The molecule has 1 heterocycles. The van der Waals surface area contributed by atoms with Gasteiger partial charge >= 0.3 is 0 Å². The van der Waals surface area contributed by atoms with Gasteiger partial charge in [0.1, 0.15) is 5.15 Å². The molecule has 1 N–H and O–H groups in total. The first kappa shape index (κ1) is 16.5. The van der Waals surface area contributed by atoms with Crippen molar-refractivity contribution in [3.8, 4) is 0 Å². The van der Waals surface area contributed by atoms with Crippen LogP contribution >= 0.6 is 39.1 Å². The van der Waals surface area contributed by atoms with Crippen LogP contribution in [0.5, 0.6) is 0 Å². The van der Waals surface area contributed by atoms with Gasteiger partial charge in [-0.2, -0.15) is 0 Å². The van der Waals surface area contributed by atoms with Gasteiger partial charge in [0, 0.05) is 23.4 Å². The number of sulfone groups is 1. The maximum absolute atomic E-state index is 11.8. The monoisotopic (exact) mass is 408 g/mol. The molecule has 0 unspecified atom stereocenters. The second kappa shape index (κ2) is 6.52. The van der Waals surface area contributed by atoms with Crippen molar-refractivity contribution in [2.24, 2.45) is 0 Å². The maximum atomic E-state index is 11.8. The molecule has 21 heavy (non-hydrogen) atoms. The Morgan fingerprint density at radius 2 is 2.05 bits per heavy atom. The lowest BCUT2D eigenvalue weighted by Crippen LogP contribution is -2.08. The van der Waals surface area contributed by atoms with Crippen molar-refractivity contribution < 1.29 is 8.42 Å². The maximum Gasteiger partial charge on any atom is 0.175 e. The Morgan fingerprint density at radius 3 is 2.67 bits per heavy atom. The molecule has 1 aromatic carbocycles. The quantitative estimate of drug-likeness (QED) is 0.770. The van der Waals surface area contributed by atoms with Gasteiger partial charge in [-0.05, 0) is 34.1 Å². The third kappa shape index (κ3) is 4.10. The summed E-state index contributed by atoms with van der Waals surface area (Å²) in [5.74, 6) is 0. The Bertz CT molecular complexity index is 782. The van der Waals surface area contributed by atoms with Crippen molar-refractivity contribution >= 4 is 54.7 Å². The molecule has 0 aliphatic heterocycles. The summed E-state index contributed by atoms with van der Waals surface area (Å²) in [7, 11) is -3.35. The van der Waals surface area contributed by atoms with Gasteiger partial charge in [-0.1, -0.05) is 29.3 Å². The fraction of sp³-hybridized carbons (Fsp3) is 0.154. The summed E-state index contributed by atoms with van der Waals surface area (Å²) in [6, 6.07) is 6.56. The zero-order valence-electron chi connectivity index (χ0n) is 10.9. The topological polar surface area (TPSA) is 59.1 Å². The second-order valence-electron chi connectivity index (χ2n) is 4.34. The Labute approximate surface area is 141 Å². The molecule has 0 saturated heterocycles. The molecule has 2 rings (SSSR count). The lowest BCUT2D eigenvalue weighted by atomic mass is 10.2. The van der Waals surface area contributed by atoms with E-state index in [9.17, 15) is 8.42 Å². The number of aromatic nitrogens is 1. The largest absolute Gasteiger partial charge is 0.380 e. The van der Waals surface area contributed by atoms with E-state index in [-0.39, 0.29) is 11.4 Å². The molecule has 0 spiro atoms. The first-order chi connectivity index (χ1) is 9.79. The standard InChI is InChI=1S/C13H11BrCl2N2O2S/c1-21(19,20)12-4-2-3-11(15)9(12)7-17-8-5-10(14)13(16)18-6-8/h2-6,17H,7H2,1H3. The molecule has 0 amide bonds. The SMILES string of the molecule is CS(=O)(=O)c1cccc(Cl)c1CNc1cnc(Cl)c(Br)c1. The number of halogens is 3. The van der Waals surface area contributed by atoms with Crippen LogP contribution in [0.1, 0.15) is 5.56 Å².